The fourth-order valence-corrected chi connectivity index (χ4v) is 6.42. The van der Waals surface area contributed by atoms with E-state index in [9.17, 15) is 0 Å². The van der Waals surface area contributed by atoms with Crippen LogP contribution in [0.3, 0.4) is 0 Å². The van der Waals surface area contributed by atoms with Gasteiger partial charge in [0, 0.05) is 0 Å². The molecule has 0 atom stereocenters. The van der Waals surface area contributed by atoms with Crippen molar-refractivity contribution in [2.24, 2.45) is 0 Å². The maximum atomic E-state index is 2.49. The molecular formula is C16H21Ru. The van der Waals surface area contributed by atoms with Crippen molar-refractivity contribution in [2.75, 3.05) is 0 Å². The molecule has 0 spiro atoms. The Labute approximate surface area is 110 Å². The van der Waals surface area contributed by atoms with E-state index in [1.165, 1.54) is 34.9 Å². The summed E-state index contributed by atoms with van der Waals surface area (Å²) in [6.45, 7) is 2.38. The second kappa shape index (κ2) is 6.91. The molecule has 0 bridgehead atoms. The second-order valence-electron chi connectivity index (χ2n) is 4.14. The van der Waals surface area contributed by atoms with Crippen molar-refractivity contribution in [3.8, 4) is 0 Å². The number of hydrogen-bond donors (Lipinski definition) is 0. The van der Waals surface area contributed by atoms with Crippen LogP contribution in [-0.2, 0) is 22.4 Å². The van der Waals surface area contributed by atoms with Crippen LogP contribution in [0.25, 0.3) is 0 Å². The molecule has 0 saturated carbocycles. The minimum atomic E-state index is -0.700. The van der Waals surface area contributed by atoms with Gasteiger partial charge >= 0.3 is 110 Å². The van der Waals surface area contributed by atoms with Gasteiger partial charge in [-0.1, -0.05) is 0 Å². The normalized spacial score (nSPS) is 15.6. The monoisotopic (exact) mass is 315 g/mol. The van der Waals surface area contributed by atoms with Gasteiger partial charge in [0.05, 0.1) is 0 Å². The van der Waals surface area contributed by atoms with Crippen LogP contribution in [0.5, 0.6) is 0 Å². The van der Waals surface area contributed by atoms with Gasteiger partial charge in [-0.15, -0.1) is 0 Å². The predicted octanol–water partition coefficient (Wildman–Crippen LogP) is 4.94. The zero-order valence-electron chi connectivity index (χ0n) is 10.5. The molecule has 1 aromatic rings. The standard InChI is InChI=1S/C8H9.C6H7.C2H5.Ru/c1-2-8-6-4-3-5-7-8;1-2-4-6-5-3-1;1-2;/h3-7H,1-2H2;1-2,5H,3-4H2;1H2,2H3;. The van der Waals surface area contributed by atoms with Crippen LogP contribution < -0.4 is 0 Å². The van der Waals surface area contributed by atoms with Gasteiger partial charge in [-0.2, -0.15) is 0 Å². The molecule has 93 valence electrons. The van der Waals surface area contributed by atoms with Crippen LogP contribution in [-0.4, -0.2) is 0 Å². The molecule has 1 aromatic carbocycles. The van der Waals surface area contributed by atoms with Gasteiger partial charge < -0.3 is 0 Å². The fraction of sp³-hybridized carbons (Fsp3) is 0.375. The summed E-state index contributed by atoms with van der Waals surface area (Å²) in [5.41, 5.74) is 1.51. The number of allylic oxidation sites excluding steroid dienone is 4. The summed E-state index contributed by atoms with van der Waals surface area (Å²) >= 11 is -0.700. The SMILES string of the molecule is C[CH2][Ru]([CH2]Cc1ccccc1)[C]1=CCC=CC1. The number of hydrogen-bond acceptors (Lipinski definition) is 0. The van der Waals surface area contributed by atoms with E-state index in [4.69, 9.17) is 0 Å². The zero-order chi connectivity index (χ0) is 11.9. The van der Waals surface area contributed by atoms with Crippen molar-refractivity contribution in [3.63, 3.8) is 0 Å². The molecule has 0 unspecified atom stereocenters. The van der Waals surface area contributed by atoms with Crippen LogP contribution in [0.1, 0.15) is 25.3 Å². The molecule has 0 aromatic heterocycles. The topological polar surface area (TPSA) is 0 Å². The summed E-state index contributed by atoms with van der Waals surface area (Å²) in [5, 5.41) is 2.85. The Morgan fingerprint density at radius 3 is 2.59 bits per heavy atom. The summed E-state index contributed by atoms with van der Waals surface area (Å²) in [6, 6.07) is 10.9. The van der Waals surface area contributed by atoms with Gasteiger partial charge in [0.25, 0.3) is 0 Å². The number of aryl methyl sites for hydroxylation is 1. The van der Waals surface area contributed by atoms with Crippen molar-refractivity contribution in [1.29, 1.82) is 0 Å². The van der Waals surface area contributed by atoms with E-state index in [-0.39, 0.29) is 0 Å². The van der Waals surface area contributed by atoms with Gasteiger partial charge in [-0.05, 0) is 0 Å². The Kier molecular flexibility index (Phi) is 5.19. The summed E-state index contributed by atoms with van der Waals surface area (Å²) in [7, 11) is 0. The first-order valence-corrected chi connectivity index (χ1v) is 9.68. The third-order valence-electron chi connectivity index (χ3n) is 3.00. The molecule has 1 aliphatic rings. The molecule has 0 aliphatic heterocycles. The minimum absolute atomic E-state index is 0.700. The third kappa shape index (κ3) is 3.93. The molecule has 0 amide bonds. The Morgan fingerprint density at radius 2 is 1.94 bits per heavy atom. The summed E-state index contributed by atoms with van der Waals surface area (Å²) in [5.74, 6) is 0. The summed E-state index contributed by atoms with van der Waals surface area (Å²) in [6.07, 6.45) is 10.8. The first-order chi connectivity index (χ1) is 8.40. The van der Waals surface area contributed by atoms with Gasteiger partial charge in [0.15, 0.2) is 0 Å². The first kappa shape index (κ1) is 12.8. The molecular weight excluding hydrogens is 293 g/mol. The van der Waals surface area contributed by atoms with E-state index in [0.717, 1.165) is 0 Å². The van der Waals surface area contributed by atoms with Crippen molar-refractivity contribution in [2.45, 2.75) is 36.2 Å². The van der Waals surface area contributed by atoms with Gasteiger partial charge in [0.1, 0.15) is 0 Å². The zero-order valence-corrected chi connectivity index (χ0v) is 12.2. The van der Waals surface area contributed by atoms with Crippen molar-refractivity contribution < 1.29 is 16.0 Å². The van der Waals surface area contributed by atoms with E-state index in [1.54, 1.807) is 4.17 Å². The quantitative estimate of drug-likeness (QED) is 0.533. The molecule has 0 N–H and O–H groups in total. The number of benzene rings is 1. The van der Waals surface area contributed by atoms with E-state index < -0.39 is 16.0 Å². The van der Waals surface area contributed by atoms with E-state index >= 15 is 0 Å². The average Bonchev–Trinajstić information content (AvgIpc) is 2.42. The van der Waals surface area contributed by atoms with Crippen molar-refractivity contribution >= 4 is 0 Å². The van der Waals surface area contributed by atoms with Gasteiger partial charge in [0.2, 0.25) is 0 Å². The Morgan fingerprint density at radius 1 is 1.12 bits per heavy atom. The third-order valence-corrected chi connectivity index (χ3v) is 8.26. The molecule has 0 radical (unpaired) electrons. The van der Waals surface area contributed by atoms with Crippen LogP contribution >= 0.6 is 0 Å². The first-order valence-electron chi connectivity index (χ1n) is 6.35. The average molecular weight is 314 g/mol. The van der Waals surface area contributed by atoms with E-state index in [1.807, 2.05) is 0 Å². The van der Waals surface area contributed by atoms with Gasteiger partial charge in [-0.3, -0.25) is 0 Å². The molecule has 2 rings (SSSR count). The van der Waals surface area contributed by atoms with E-state index in [0.29, 0.717) is 0 Å². The fourth-order valence-electron chi connectivity index (χ4n) is 2.02. The van der Waals surface area contributed by atoms with Crippen molar-refractivity contribution in [3.05, 3.63) is 58.3 Å². The number of rotatable bonds is 5. The molecule has 0 fully saturated rings. The van der Waals surface area contributed by atoms with Crippen LogP contribution in [0.2, 0.25) is 10.0 Å². The molecule has 17 heavy (non-hydrogen) atoms. The Hall–Kier alpha value is -0.677. The van der Waals surface area contributed by atoms with Crippen LogP contribution in [0.4, 0.5) is 0 Å². The van der Waals surface area contributed by atoms with E-state index in [2.05, 4.69) is 55.5 Å². The van der Waals surface area contributed by atoms with Gasteiger partial charge in [-0.25, -0.2) is 0 Å². The van der Waals surface area contributed by atoms with Crippen LogP contribution in [0.15, 0.2) is 52.7 Å². The Balaban J connectivity index is 1.90. The predicted molar refractivity (Wildman–Crippen MR) is 71.9 cm³/mol. The van der Waals surface area contributed by atoms with Crippen molar-refractivity contribution in [1.82, 2.24) is 0 Å². The summed E-state index contributed by atoms with van der Waals surface area (Å²) < 4.78 is 1.80. The molecule has 0 heterocycles. The molecule has 1 heteroatoms. The molecule has 0 saturated heterocycles. The second-order valence-corrected chi connectivity index (χ2v) is 9.45. The van der Waals surface area contributed by atoms with Crippen LogP contribution in [0, 0.1) is 0 Å². The Bertz CT molecular complexity index is 389. The molecule has 0 nitrogen and oxygen atoms in total. The summed E-state index contributed by atoms with van der Waals surface area (Å²) in [4.78, 5) is 0. The maximum absolute atomic E-state index is 2.49. The molecule has 1 aliphatic carbocycles.